The SMILES string of the molecule is Cc1ccn(-c2cc(-c3cccc(F)c3)ccc2C(Oc2cc(N3CCC4(CC3)CNC(C(=O)O)C4)nc(N)n2)C(F)(F)F)n1. The van der Waals surface area contributed by atoms with Gasteiger partial charge in [0, 0.05) is 37.5 Å². The van der Waals surface area contributed by atoms with Crippen LogP contribution >= 0.6 is 0 Å². The Hall–Kier alpha value is -4.72. The second-order valence-electron chi connectivity index (χ2n) is 11.6. The molecule has 45 heavy (non-hydrogen) atoms. The van der Waals surface area contributed by atoms with E-state index in [4.69, 9.17) is 10.5 Å². The molecule has 1 spiro atoms. The highest BCUT2D eigenvalue weighted by atomic mass is 19.4. The van der Waals surface area contributed by atoms with E-state index in [1.165, 1.54) is 47.1 Å². The van der Waals surface area contributed by atoms with Gasteiger partial charge in [0.2, 0.25) is 17.9 Å². The Morgan fingerprint density at radius 2 is 1.87 bits per heavy atom. The van der Waals surface area contributed by atoms with E-state index in [0.717, 1.165) is 0 Å². The molecule has 2 aromatic carbocycles. The summed E-state index contributed by atoms with van der Waals surface area (Å²) in [6.07, 6.45) is -3.91. The van der Waals surface area contributed by atoms with Gasteiger partial charge in [0.15, 0.2) is 0 Å². The largest absolute Gasteiger partial charge is 0.480 e. The first-order chi connectivity index (χ1) is 21.4. The lowest BCUT2D eigenvalue weighted by molar-refractivity contribution is -0.198. The number of carboxylic acid groups (broad SMARTS) is 1. The molecule has 2 aliphatic heterocycles. The van der Waals surface area contributed by atoms with Gasteiger partial charge in [-0.05, 0) is 67.0 Å². The summed E-state index contributed by atoms with van der Waals surface area (Å²) in [4.78, 5) is 21.5. The molecule has 4 aromatic rings. The van der Waals surface area contributed by atoms with Crippen LogP contribution in [0.25, 0.3) is 16.8 Å². The van der Waals surface area contributed by atoms with Crippen molar-refractivity contribution in [3.8, 4) is 22.7 Å². The van der Waals surface area contributed by atoms with E-state index >= 15 is 0 Å². The van der Waals surface area contributed by atoms with Crippen molar-refractivity contribution in [2.45, 2.75) is 44.5 Å². The highest BCUT2D eigenvalue weighted by Crippen LogP contribution is 2.42. The number of aryl methyl sites for hydroxylation is 1. The van der Waals surface area contributed by atoms with E-state index in [2.05, 4.69) is 20.4 Å². The number of rotatable bonds is 7. The molecule has 2 fully saturated rings. The number of nitrogen functional groups attached to an aromatic ring is 1. The molecular weight excluding hydrogens is 594 g/mol. The number of aliphatic carboxylic acids is 1. The summed E-state index contributed by atoms with van der Waals surface area (Å²) in [7, 11) is 0. The van der Waals surface area contributed by atoms with Crippen molar-refractivity contribution in [2.75, 3.05) is 30.3 Å². The predicted molar refractivity (Wildman–Crippen MR) is 157 cm³/mol. The van der Waals surface area contributed by atoms with Gasteiger partial charge in [-0.1, -0.05) is 24.3 Å². The molecule has 4 heterocycles. The number of nitrogens with one attached hydrogen (secondary N) is 1. The first kappa shape index (κ1) is 30.3. The fourth-order valence-electron chi connectivity index (χ4n) is 6.12. The molecule has 2 aromatic heterocycles. The van der Waals surface area contributed by atoms with Crippen LogP contribution in [0.15, 0.2) is 60.8 Å². The molecule has 10 nitrogen and oxygen atoms in total. The molecule has 0 aliphatic carbocycles. The molecule has 6 rings (SSSR count). The predicted octanol–water partition coefficient (Wildman–Crippen LogP) is 5.07. The summed E-state index contributed by atoms with van der Waals surface area (Å²) in [5.41, 5.74) is 7.21. The van der Waals surface area contributed by atoms with Gasteiger partial charge in [-0.25, -0.2) is 9.07 Å². The number of aromatic nitrogens is 4. The first-order valence-electron chi connectivity index (χ1n) is 14.4. The van der Waals surface area contributed by atoms with Crippen molar-refractivity contribution < 1.29 is 32.2 Å². The maximum Gasteiger partial charge on any atom is 0.429 e. The van der Waals surface area contributed by atoms with Crippen molar-refractivity contribution in [1.29, 1.82) is 0 Å². The van der Waals surface area contributed by atoms with Crippen LogP contribution in [0.1, 0.15) is 36.6 Å². The molecule has 2 saturated heterocycles. The molecular formula is C31H31F4N7O3. The number of halogens is 4. The third-order valence-electron chi connectivity index (χ3n) is 8.49. The number of carbonyl (C=O) groups is 1. The number of piperidine rings is 1. The van der Waals surface area contributed by atoms with Gasteiger partial charge >= 0.3 is 12.1 Å². The van der Waals surface area contributed by atoms with Gasteiger partial charge in [-0.2, -0.15) is 28.2 Å². The Morgan fingerprint density at radius 1 is 1.11 bits per heavy atom. The van der Waals surface area contributed by atoms with Crippen molar-refractivity contribution in [3.05, 3.63) is 77.9 Å². The fourth-order valence-corrected chi connectivity index (χ4v) is 6.12. The maximum absolute atomic E-state index is 14.7. The Labute approximate surface area is 255 Å². The molecule has 2 aliphatic rings. The number of anilines is 2. The molecule has 0 amide bonds. The van der Waals surface area contributed by atoms with Crippen LogP contribution in [0.3, 0.4) is 0 Å². The van der Waals surface area contributed by atoms with E-state index in [9.17, 15) is 27.5 Å². The number of ether oxygens (including phenoxy) is 1. The Balaban J connectivity index is 1.30. The average Bonchev–Trinajstić information content (AvgIpc) is 3.62. The van der Waals surface area contributed by atoms with Crippen LogP contribution in [0.4, 0.5) is 29.3 Å². The van der Waals surface area contributed by atoms with Gasteiger partial charge in [0.1, 0.15) is 17.7 Å². The maximum atomic E-state index is 14.7. The van der Waals surface area contributed by atoms with E-state index in [0.29, 0.717) is 61.5 Å². The van der Waals surface area contributed by atoms with E-state index in [-0.39, 0.29) is 28.5 Å². The number of benzene rings is 2. The van der Waals surface area contributed by atoms with Gasteiger partial charge in [-0.3, -0.25) is 4.79 Å². The zero-order chi connectivity index (χ0) is 31.9. The van der Waals surface area contributed by atoms with E-state index in [1.807, 2.05) is 4.90 Å². The van der Waals surface area contributed by atoms with Gasteiger partial charge < -0.3 is 25.8 Å². The molecule has 236 valence electrons. The Bertz CT molecular complexity index is 1720. The zero-order valence-electron chi connectivity index (χ0n) is 24.3. The third-order valence-corrected chi connectivity index (χ3v) is 8.49. The molecule has 2 atom stereocenters. The number of carboxylic acids is 1. The first-order valence-corrected chi connectivity index (χ1v) is 14.4. The second-order valence-corrected chi connectivity index (χ2v) is 11.6. The third kappa shape index (κ3) is 6.41. The van der Waals surface area contributed by atoms with Crippen LogP contribution in [-0.2, 0) is 4.79 Å². The monoisotopic (exact) mass is 625 g/mol. The normalized spacial score (nSPS) is 18.7. The average molecular weight is 626 g/mol. The standard InChI is InChI=1S/C31H31F4N7O3/c1-18-7-10-42(40-18)24-14-20(19-3-2-4-21(32)13-19)5-6-22(24)27(31(33,34)35)45-26-15-25(38-29(36)39-26)41-11-8-30(9-12-41)16-23(28(43)44)37-17-30/h2-7,10,13-15,23,27,37H,8-9,11-12,16-17H2,1H3,(H,43,44)(H2,36,38,39). The summed E-state index contributed by atoms with van der Waals surface area (Å²) in [6, 6.07) is 12.4. The van der Waals surface area contributed by atoms with Crippen molar-refractivity contribution >= 4 is 17.7 Å². The van der Waals surface area contributed by atoms with Crippen LogP contribution in [0, 0.1) is 18.2 Å². The van der Waals surface area contributed by atoms with E-state index < -0.39 is 30.1 Å². The smallest absolute Gasteiger partial charge is 0.429 e. The Morgan fingerprint density at radius 3 is 2.51 bits per heavy atom. The lowest BCUT2D eigenvalue weighted by atomic mass is 9.76. The lowest BCUT2D eigenvalue weighted by Gasteiger charge is -2.39. The summed E-state index contributed by atoms with van der Waals surface area (Å²) in [6.45, 7) is 3.32. The van der Waals surface area contributed by atoms with Gasteiger partial charge in [0.05, 0.1) is 11.4 Å². The molecule has 0 radical (unpaired) electrons. The summed E-state index contributed by atoms with van der Waals surface area (Å²) < 4.78 is 65.1. The highest BCUT2D eigenvalue weighted by molar-refractivity contribution is 5.74. The number of hydrogen-bond donors (Lipinski definition) is 3. The lowest BCUT2D eigenvalue weighted by Crippen LogP contribution is -2.41. The topological polar surface area (TPSA) is 131 Å². The minimum Gasteiger partial charge on any atom is -0.480 e. The molecule has 0 bridgehead atoms. The molecule has 4 N–H and O–H groups in total. The van der Waals surface area contributed by atoms with Crippen LogP contribution in [0.5, 0.6) is 5.88 Å². The zero-order valence-corrected chi connectivity index (χ0v) is 24.3. The summed E-state index contributed by atoms with van der Waals surface area (Å²) >= 11 is 0. The van der Waals surface area contributed by atoms with Gasteiger partial charge in [0.25, 0.3) is 0 Å². The van der Waals surface area contributed by atoms with Crippen molar-refractivity contribution in [3.63, 3.8) is 0 Å². The number of nitrogens with two attached hydrogens (primary N) is 1. The molecule has 0 saturated carbocycles. The second kappa shape index (κ2) is 11.7. The minimum atomic E-state index is -4.87. The van der Waals surface area contributed by atoms with Gasteiger partial charge in [-0.15, -0.1) is 0 Å². The van der Waals surface area contributed by atoms with Crippen LogP contribution < -0.4 is 20.7 Å². The van der Waals surface area contributed by atoms with Crippen LogP contribution in [-0.4, -0.2) is 62.7 Å². The van der Waals surface area contributed by atoms with E-state index in [1.54, 1.807) is 25.3 Å². The quantitative estimate of drug-likeness (QED) is 0.241. The number of nitrogens with zero attached hydrogens (tertiary/aromatic N) is 5. The molecule has 14 heteroatoms. The Kier molecular flexibility index (Phi) is 7.85. The minimum absolute atomic E-state index is 0.0978. The summed E-state index contributed by atoms with van der Waals surface area (Å²) in [5, 5.41) is 16.8. The van der Waals surface area contributed by atoms with Crippen molar-refractivity contribution in [1.82, 2.24) is 25.1 Å². The summed E-state index contributed by atoms with van der Waals surface area (Å²) in [5.74, 6) is -1.64. The molecule has 2 unspecified atom stereocenters. The van der Waals surface area contributed by atoms with Crippen molar-refractivity contribution in [2.24, 2.45) is 5.41 Å². The number of hydrogen-bond acceptors (Lipinski definition) is 8. The highest BCUT2D eigenvalue weighted by Gasteiger charge is 2.46. The number of alkyl halides is 3. The van der Waals surface area contributed by atoms with Crippen LogP contribution in [0.2, 0.25) is 0 Å². The fraction of sp³-hybridized carbons (Fsp3) is 0.355.